The Hall–Kier alpha value is -2.01. The van der Waals surface area contributed by atoms with Gasteiger partial charge in [-0.1, -0.05) is 12.1 Å². The van der Waals surface area contributed by atoms with Crippen molar-refractivity contribution in [1.82, 2.24) is 9.78 Å². The lowest BCUT2D eigenvalue weighted by Crippen LogP contribution is -2.00. The summed E-state index contributed by atoms with van der Waals surface area (Å²) in [5.74, 6) is 0.759. The van der Waals surface area contributed by atoms with Crippen LogP contribution in [0, 0.1) is 0 Å². The van der Waals surface area contributed by atoms with Gasteiger partial charge in [-0.25, -0.2) is 0 Å². The molecule has 2 rings (SSSR count). The second kappa shape index (κ2) is 7.31. The number of methoxy groups -OCH3 is 1. The first-order chi connectivity index (χ1) is 10.5. The molecule has 0 unspecified atom stereocenters. The van der Waals surface area contributed by atoms with E-state index >= 15 is 0 Å². The molecule has 2 aromatic rings. The van der Waals surface area contributed by atoms with E-state index in [1.54, 1.807) is 48.1 Å². The number of ketones is 1. The predicted octanol–water partition coefficient (Wildman–Crippen LogP) is 4.09. The van der Waals surface area contributed by atoms with Crippen LogP contribution in [0.15, 0.2) is 41.6 Å². The molecule has 0 aliphatic heterocycles. The van der Waals surface area contributed by atoms with Crippen molar-refractivity contribution in [3.05, 3.63) is 47.8 Å². The zero-order valence-electron chi connectivity index (χ0n) is 13.2. The van der Waals surface area contributed by atoms with Crippen LogP contribution in [-0.2, 0) is 0 Å². The van der Waals surface area contributed by atoms with E-state index in [4.69, 9.17) is 4.74 Å². The standard InChI is InChI=1S/C17H20N2O2S/c1-12(2)19-11-14(10-18-19)15(20)7-5-13-6-8-17(22-4)16(9-13)21-3/h5-12H,1-4H3/b7-5+. The molecule has 1 aromatic heterocycles. The van der Waals surface area contributed by atoms with Gasteiger partial charge in [-0.3, -0.25) is 9.48 Å². The van der Waals surface area contributed by atoms with Crippen molar-refractivity contribution in [3.8, 4) is 5.75 Å². The first-order valence-corrected chi connectivity index (χ1v) is 8.26. The normalized spacial score (nSPS) is 11.3. The van der Waals surface area contributed by atoms with Crippen LogP contribution < -0.4 is 4.74 Å². The zero-order chi connectivity index (χ0) is 16.1. The molecule has 0 fully saturated rings. The van der Waals surface area contributed by atoms with E-state index in [-0.39, 0.29) is 11.8 Å². The quantitative estimate of drug-likeness (QED) is 0.457. The van der Waals surface area contributed by atoms with E-state index in [2.05, 4.69) is 5.10 Å². The molecular formula is C17H20N2O2S. The Bertz CT molecular complexity index is 690. The summed E-state index contributed by atoms with van der Waals surface area (Å²) in [5, 5.41) is 4.18. The number of ether oxygens (including phenoxy) is 1. The van der Waals surface area contributed by atoms with Gasteiger partial charge in [-0.15, -0.1) is 11.8 Å². The van der Waals surface area contributed by atoms with Crippen molar-refractivity contribution in [2.24, 2.45) is 0 Å². The number of rotatable bonds is 6. The van der Waals surface area contributed by atoms with E-state index in [0.29, 0.717) is 5.56 Å². The molecule has 0 radical (unpaired) electrons. The second-order valence-electron chi connectivity index (χ2n) is 5.11. The maximum absolute atomic E-state index is 12.2. The van der Waals surface area contributed by atoms with E-state index in [1.807, 2.05) is 38.3 Å². The van der Waals surface area contributed by atoms with E-state index in [1.165, 1.54) is 0 Å². The van der Waals surface area contributed by atoms with Gasteiger partial charge in [0.05, 0.1) is 18.9 Å². The summed E-state index contributed by atoms with van der Waals surface area (Å²) in [6.45, 7) is 4.05. The maximum atomic E-state index is 12.2. The average molecular weight is 316 g/mol. The van der Waals surface area contributed by atoms with Gasteiger partial charge in [-0.2, -0.15) is 5.10 Å². The molecule has 0 aliphatic rings. The molecule has 0 spiro atoms. The Kier molecular flexibility index (Phi) is 5.44. The summed E-state index contributed by atoms with van der Waals surface area (Å²) >= 11 is 1.63. The Labute approximate surface area is 135 Å². The Morgan fingerprint density at radius 1 is 1.41 bits per heavy atom. The van der Waals surface area contributed by atoms with Crippen molar-refractivity contribution in [1.29, 1.82) is 0 Å². The topological polar surface area (TPSA) is 44.1 Å². The molecule has 1 aromatic carbocycles. The summed E-state index contributed by atoms with van der Waals surface area (Å²) in [5.41, 5.74) is 1.52. The predicted molar refractivity (Wildman–Crippen MR) is 90.8 cm³/mol. The van der Waals surface area contributed by atoms with E-state index in [9.17, 15) is 4.79 Å². The van der Waals surface area contributed by atoms with E-state index in [0.717, 1.165) is 16.2 Å². The monoisotopic (exact) mass is 316 g/mol. The van der Waals surface area contributed by atoms with Gasteiger partial charge >= 0.3 is 0 Å². The number of hydrogen-bond donors (Lipinski definition) is 0. The van der Waals surface area contributed by atoms with Crippen molar-refractivity contribution in [3.63, 3.8) is 0 Å². The van der Waals surface area contributed by atoms with Crippen LogP contribution in [0.1, 0.15) is 35.8 Å². The van der Waals surface area contributed by atoms with Crippen molar-refractivity contribution in [2.45, 2.75) is 24.8 Å². The number of allylic oxidation sites excluding steroid dienone is 1. The van der Waals surface area contributed by atoms with Crippen LogP contribution in [0.5, 0.6) is 5.75 Å². The first kappa shape index (κ1) is 16.4. The third-order valence-electron chi connectivity index (χ3n) is 3.25. The molecular weight excluding hydrogens is 296 g/mol. The molecule has 5 heteroatoms. The number of carbonyl (C=O) groups excluding carboxylic acids is 1. The molecule has 0 atom stereocenters. The number of benzene rings is 1. The highest BCUT2D eigenvalue weighted by molar-refractivity contribution is 7.98. The highest BCUT2D eigenvalue weighted by atomic mass is 32.2. The summed E-state index contributed by atoms with van der Waals surface area (Å²) in [6.07, 6.45) is 8.74. The van der Waals surface area contributed by atoms with E-state index < -0.39 is 0 Å². The van der Waals surface area contributed by atoms with Gasteiger partial charge < -0.3 is 4.74 Å². The molecule has 0 aliphatic carbocycles. The molecule has 22 heavy (non-hydrogen) atoms. The van der Waals surface area contributed by atoms with Crippen molar-refractivity contribution in [2.75, 3.05) is 13.4 Å². The minimum atomic E-state index is -0.0557. The number of nitrogens with zero attached hydrogens (tertiary/aromatic N) is 2. The maximum Gasteiger partial charge on any atom is 0.189 e. The van der Waals surface area contributed by atoms with Crippen LogP contribution in [0.2, 0.25) is 0 Å². The minimum Gasteiger partial charge on any atom is -0.496 e. The van der Waals surface area contributed by atoms with Crippen LogP contribution in [0.4, 0.5) is 0 Å². The molecule has 0 saturated heterocycles. The van der Waals surface area contributed by atoms with Crippen LogP contribution in [-0.4, -0.2) is 28.9 Å². The number of aromatic nitrogens is 2. The molecule has 0 bridgehead atoms. The van der Waals surface area contributed by atoms with Gasteiger partial charge in [0.1, 0.15) is 5.75 Å². The lowest BCUT2D eigenvalue weighted by Gasteiger charge is -2.06. The zero-order valence-corrected chi connectivity index (χ0v) is 14.1. The second-order valence-corrected chi connectivity index (χ2v) is 5.96. The van der Waals surface area contributed by atoms with Crippen molar-refractivity contribution < 1.29 is 9.53 Å². The molecule has 0 saturated carbocycles. The summed E-state index contributed by atoms with van der Waals surface area (Å²) in [4.78, 5) is 13.2. The minimum absolute atomic E-state index is 0.0557. The molecule has 0 amide bonds. The fraction of sp³-hybridized carbons (Fsp3) is 0.294. The lowest BCUT2D eigenvalue weighted by molar-refractivity contribution is 0.104. The Morgan fingerprint density at radius 2 is 2.18 bits per heavy atom. The Balaban J connectivity index is 2.15. The van der Waals surface area contributed by atoms with Crippen LogP contribution in [0.25, 0.3) is 6.08 Å². The summed E-state index contributed by atoms with van der Waals surface area (Å²) < 4.78 is 7.12. The fourth-order valence-electron chi connectivity index (χ4n) is 1.97. The molecule has 0 N–H and O–H groups in total. The lowest BCUT2D eigenvalue weighted by atomic mass is 10.1. The number of thioether (sulfide) groups is 1. The fourth-order valence-corrected chi connectivity index (χ4v) is 2.52. The number of carbonyl (C=O) groups is 1. The van der Waals surface area contributed by atoms with Gasteiger partial charge in [-0.05, 0) is 43.9 Å². The van der Waals surface area contributed by atoms with Crippen LogP contribution in [0.3, 0.4) is 0 Å². The third kappa shape index (κ3) is 3.80. The molecule has 116 valence electrons. The summed E-state index contributed by atoms with van der Waals surface area (Å²) in [7, 11) is 1.65. The highest BCUT2D eigenvalue weighted by Crippen LogP contribution is 2.28. The first-order valence-electron chi connectivity index (χ1n) is 7.03. The smallest absolute Gasteiger partial charge is 0.189 e. The third-order valence-corrected chi connectivity index (χ3v) is 4.03. The van der Waals surface area contributed by atoms with Crippen LogP contribution >= 0.6 is 11.8 Å². The molecule has 1 heterocycles. The largest absolute Gasteiger partial charge is 0.496 e. The number of hydrogen-bond acceptors (Lipinski definition) is 4. The van der Waals surface area contributed by atoms with Gasteiger partial charge in [0, 0.05) is 17.1 Å². The van der Waals surface area contributed by atoms with Gasteiger partial charge in [0.25, 0.3) is 0 Å². The molecule has 4 nitrogen and oxygen atoms in total. The van der Waals surface area contributed by atoms with Crippen molar-refractivity contribution >= 4 is 23.6 Å². The average Bonchev–Trinajstić information content (AvgIpc) is 3.02. The van der Waals surface area contributed by atoms with Gasteiger partial charge in [0.15, 0.2) is 5.78 Å². The Morgan fingerprint density at radius 3 is 2.77 bits per heavy atom. The highest BCUT2D eigenvalue weighted by Gasteiger charge is 2.07. The summed E-state index contributed by atoms with van der Waals surface area (Å²) in [6, 6.07) is 6.13. The SMILES string of the molecule is COc1cc(/C=C/C(=O)c2cnn(C(C)C)c2)ccc1SC. The van der Waals surface area contributed by atoms with Gasteiger partial charge in [0.2, 0.25) is 0 Å².